The van der Waals surface area contributed by atoms with Crippen LogP contribution in [0.4, 0.5) is 0 Å². The van der Waals surface area contributed by atoms with Gasteiger partial charge in [0.2, 0.25) is 0 Å². The molecule has 1 aromatic heterocycles. The molecule has 2 aliphatic rings. The Balaban J connectivity index is 1.37. The normalized spacial score (nSPS) is 22.6. The number of rotatable bonds is 5. The van der Waals surface area contributed by atoms with Gasteiger partial charge in [-0.15, -0.1) is 0 Å². The third kappa shape index (κ3) is 4.22. The number of halogens is 2. The van der Waals surface area contributed by atoms with E-state index < -0.39 is 6.10 Å². The van der Waals surface area contributed by atoms with Crippen molar-refractivity contribution in [3.63, 3.8) is 0 Å². The minimum atomic E-state index is -0.572. The summed E-state index contributed by atoms with van der Waals surface area (Å²) in [5.74, 6) is 1.53. The third-order valence-electron chi connectivity index (χ3n) is 5.59. The first-order chi connectivity index (χ1) is 13.4. The molecule has 7 heteroatoms. The summed E-state index contributed by atoms with van der Waals surface area (Å²) in [5.41, 5.74) is 2.36. The number of fused-ring (bicyclic) bond motifs is 4. The van der Waals surface area contributed by atoms with Gasteiger partial charge in [-0.1, -0.05) is 6.07 Å². The molecular formula is C21H24Br2N2O3. The fraction of sp³-hybridized carbons (Fsp3) is 0.476. The van der Waals surface area contributed by atoms with Crippen molar-refractivity contribution >= 4 is 31.9 Å². The number of likely N-dealkylation sites (tertiary alicyclic amines) is 1. The Labute approximate surface area is 181 Å². The van der Waals surface area contributed by atoms with Gasteiger partial charge in [-0.2, -0.15) is 0 Å². The van der Waals surface area contributed by atoms with Gasteiger partial charge in [-0.05, 0) is 74.9 Å². The van der Waals surface area contributed by atoms with Gasteiger partial charge >= 0.3 is 0 Å². The minimum absolute atomic E-state index is 0.100. The molecule has 2 bridgehead atoms. The highest BCUT2D eigenvalue weighted by molar-refractivity contribution is 9.11. The molecule has 1 aromatic carbocycles. The van der Waals surface area contributed by atoms with Crippen molar-refractivity contribution < 1.29 is 9.84 Å². The van der Waals surface area contributed by atoms with E-state index in [1.165, 1.54) is 0 Å². The molecule has 0 aliphatic carbocycles. The molecule has 28 heavy (non-hydrogen) atoms. The number of nitrogens with zero attached hydrogens (tertiary/aromatic N) is 2. The highest BCUT2D eigenvalue weighted by Gasteiger charge is 2.34. The van der Waals surface area contributed by atoms with Gasteiger partial charge < -0.3 is 14.4 Å². The molecule has 2 aromatic rings. The van der Waals surface area contributed by atoms with Crippen LogP contribution in [0.15, 0.2) is 44.1 Å². The van der Waals surface area contributed by atoms with Gasteiger partial charge in [0.05, 0.1) is 8.95 Å². The fourth-order valence-electron chi connectivity index (χ4n) is 4.50. The summed E-state index contributed by atoms with van der Waals surface area (Å²) in [6.07, 6.45) is 0.549. The molecule has 4 rings (SSSR count). The molecule has 0 radical (unpaired) electrons. The third-order valence-corrected chi connectivity index (χ3v) is 6.77. The molecule has 0 saturated carbocycles. The summed E-state index contributed by atoms with van der Waals surface area (Å²) in [4.78, 5) is 14.4. The molecule has 150 valence electrons. The molecular weight excluding hydrogens is 488 g/mol. The first kappa shape index (κ1) is 20.1. The van der Waals surface area contributed by atoms with Gasteiger partial charge in [-0.3, -0.25) is 9.69 Å². The van der Waals surface area contributed by atoms with Crippen LogP contribution in [0.25, 0.3) is 0 Å². The molecule has 3 heterocycles. The number of aliphatic hydroxyl groups excluding tert-OH is 1. The van der Waals surface area contributed by atoms with E-state index in [9.17, 15) is 9.90 Å². The Kier molecular flexibility index (Phi) is 5.97. The molecule has 1 unspecified atom stereocenters. The van der Waals surface area contributed by atoms with E-state index in [1.807, 2.05) is 29.7 Å². The zero-order valence-electron chi connectivity index (χ0n) is 15.8. The van der Waals surface area contributed by atoms with E-state index in [0.717, 1.165) is 46.3 Å². The number of ether oxygens (including phenoxy) is 1. The molecule has 0 spiro atoms. The molecule has 5 nitrogen and oxygen atoms in total. The van der Waals surface area contributed by atoms with Crippen molar-refractivity contribution in [3.05, 3.63) is 60.9 Å². The van der Waals surface area contributed by atoms with E-state index in [1.54, 1.807) is 6.07 Å². The average Bonchev–Trinajstić information content (AvgIpc) is 2.61. The van der Waals surface area contributed by atoms with E-state index in [-0.39, 0.29) is 12.2 Å². The van der Waals surface area contributed by atoms with Gasteiger partial charge in [0.25, 0.3) is 5.56 Å². The molecule has 1 N–H and O–H groups in total. The Hall–Kier alpha value is -1.15. The van der Waals surface area contributed by atoms with E-state index in [0.29, 0.717) is 24.1 Å². The SMILES string of the molecule is Cc1cc(Br)c(OCC(O)CN2C[C@H]3C[C@@H](C2)c2cccc(=O)n2C3)c(Br)c1. The highest BCUT2D eigenvalue weighted by Crippen LogP contribution is 2.36. The van der Waals surface area contributed by atoms with Gasteiger partial charge in [0.15, 0.2) is 0 Å². The van der Waals surface area contributed by atoms with Crippen molar-refractivity contribution in [1.29, 1.82) is 0 Å². The maximum atomic E-state index is 12.1. The van der Waals surface area contributed by atoms with Crippen LogP contribution >= 0.6 is 31.9 Å². The first-order valence-electron chi connectivity index (χ1n) is 9.59. The van der Waals surface area contributed by atoms with Crippen molar-refractivity contribution in [2.45, 2.75) is 31.9 Å². The molecule has 1 fully saturated rings. The van der Waals surface area contributed by atoms with Crippen LogP contribution in [0.5, 0.6) is 5.75 Å². The zero-order chi connectivity index (χ0) is 19.8. The van der Waals surface area contributed by atoms with Crippen LogP contribution in [-0.2, 0) is 6.54 Å². The monoisotopic (exact) mass is 510 g/mol. The summed E-state index contributed by atoms with van der Waals surface area (Å²) in [6.45, 7) is 5.39. The second-order valence-electron chi connectivity index (χ2n) is 7.94. The van der Waals surface area contributed by atoms with Crippen molar-refractivity contribution in [2.75, 3.05) is 26.2 Å². The summed E-state index contributed by atoms with van der Waals surface area (Å²) in [5, 5.41) is 10.5. The minimum Gasteiger partial charge on any atom is -0.488 e. The smallest absolute Gasteiger partial charge is 0.250 e. The highest BCUT2D eigenvalue weighted by atomic mass is 79.9. The second kappa shape index (κ2) is 8.30. The predicted octanol–water partition coefficient (Wildman–Crippen LogP) is 3.54. The predicted molar refractivity (Wildman–Crippen MR) is 116 cm³/mol. The zero-order valence-corrected chi connectivity index (χ0v) is 18.9. The molecule has 0 amide bonds. The number of aromatic nitrogens is 1. The van der Waals surface area contributed by atoms with Gasteiger partial charge in [0.1, 0.15) is 18.5 Å². The summed E-state index contributed by atoms with van der Waals surface area (Å²) >= 11 is 7.05. The number of aliphatic hydroxyl groups is 1. The molecule has 1 saturated heterocycles. The van der Waals surface area contributed by atoms with Crippen molar-refractivity contribution in [1.82, 2.24) is 9.47 Å². The lowest BCUT2D eigenvalue weighted by atomic mass is 9.83. The van der Waals surface area contributed by atoms with Gasteiger partial charge in [-0.25, -0.2) is 0 Å². The number of benzene rings is 1. The number of hydrogen-bond donors (Lipinski definition) is 1. The average molecular weight is 512 g/mol. The topological polar surface area (TPSA) is 54.7 Å². The van der Waals surface area contributed by atoms with Gasteiger partial charge in [0, 0.05) is 43.9 Å². The Morgan fingerprint density at radius 3 is 2.71 bits per heavy atom. The number of β-amino-alcohol motifs (C(OH)–C–C–N with tert-alkyl or cyclic N) is 1. The maximum absolute atomic E-state index is 12.1. The lowest BCUT2D eigenvalue weighted by Crippen LogP contribution is -2.49. The first-order valence-corrected chi connectivity index (χ1v) is 11.2. The van der Waals surface area contributed by atoms with E-state index in [2.05, 4.69) is 42.8 Å². The van der Waals surface area contributed by atoms with Crippen molar-refractivity contribution in [3.8, 4) is 5.75 Å². The van der Waals surface area contributed by atoms with Crippen LogP contribution in [-0.4, -0.2) is 46.9 Å². The van der Waals surface area contributed by atoms with Crippen LogP contribution in [0.3, 0.4) is 0 Å². The van der Waals surface area contributed by atoms with Crippen molar-refractivity contribution in [2.24, 2.45) is 5.92 Å². The fourth-order valence-corrected chi connectivity index (χ4v) is 6.14. The van der Waals surface area contributed by atoms with Crippen LogP contribution in [0.2, 0.25) is 0 Å². The second-order valence-corrected chi connectivity index (χ2v) is 9.65. The Morgan fingerprint density at radius 1 is 1.21 bits per heavy atom. The lowest BCUT2D eigenvalue weighted by molar-refractivity contribution is 0.0381. The van der Waals surface area contributed by atoms with Crippen LogP contribution in [0.1, 0.15) is 23.6 Å². The van der Waals surface area contributed by atoms with E-state index >= 15 is 0 Å². The lowest BCUT2D eigenvalue weighted by Gasteiger charge is -2.43. The van der Waals surface area contributed by atoms with Crippen LogP contribution < -0.4 is 10.3 Å². The molecule has 3 atom stereocenters. The quantitative estimate of drug-likeness (QED) is 0.667. The standard InChI is InChI=1S/C21H24Br2N2O3/c1-13-5-17(22)21(18(23)6-13)28-12-16(26)11-24-8-14-7-15(10-24)19-3-2-4-20(27)25(19)9-14/h2-6,14-16,26H,7-12H2,1H3/t14-,15+,16?/m1/s1. The van der Waals surface area contributed by atoms with Crippen LogP contribution in [0, 0.1) is 12.8 Å². The summed E-state index contributed by atoms with van der Waals surface area (Å²) < 4.78 is 9.56. The number of hydrogen-bond acceptors (Lipinski definition) is 4. The number of piperidine rings is 1. The Bertz CT molecular complexity index is 907. The number of aryl methyl sites for hydroxylation is 1. The largest absolute Gasteiger partial charge is 0.488 e. The Morgan fingerprint density at radius 2 is 1.96 bits per heavy atom. The number of pyridine rings is 1. The van der Waals surface area contributed by atoms with E-state index in [4.69, 9.17) is 4.74 Å². The maximum Gasteiger partial charge on any atom is 0.250 e. The molecule has 2 aliphatic heterocycles. The summed E-state index contributed by atoms with van der Waals surface area (Å²) in [7, 11) is 0. The summed E-state index contributed by atoms with van der Waals surface area (Å²) in [6, 6.07) is 9.56.